The molecule has 118 valence electrons. The Morgan fingerprint density at radius 3 is 2.50 bits per heavy atom. The topological polar surface area (TPSA) is 15.3 Å². The molecule has 2 aliphatic heterocycles. The fourth-order valence-electron chi connectivity index (χ4n) is 5.40. The fourth-order valence-corrected chi connectivity index (χ4v) is 5.40. The first-order valence-corrected chi connectivity index (χ1v) is 9.40. The van der Waals surface area contributed by atoms with Gasteiger partial charge in [0, 0.05) is 25.2 Å². The van der Waals surface area contributed by atoms with Crippen LogP contribution in [0.4, 0.5) is 0 Å². The van der Waals surface area contributed by atoms with Gasteiger partial charge in [0.2, 0.25) is 0 Å². The standard InChI is InChI=1S/C20H28N2/c1-2-5-18(17(4-1)15-7-8-15)19-6-3-11-22(19)16-9-10-20(12-16)13-21-14-20/h1-2,4-5,15-16,19,21H,3,6-14H2/t16?,19-/m0/s1. The molecule has 2 saturated heterocycles. The van der Waals surface area contributed by atoms with Crippen molar-refractivity contribution in [2.45, 2.75) is 62.9 Å². The molecular weight excluding hydrogens is 268 g/mol. The highest BCUT2D eigenvalue weighted by atomic mass is 15.2. The third-order valence-corrected chi connectivity index (χ3v) is 6.81. The van der Waals surface area contributed by atoms with Crippen LogP contribution in [0.5, 0.6) is 0 Å². The van der Waals surface area contributed by atoms with Crippen LogP contribution in [0.3, 0.4) is 0 Å². The summed E-state index contributed by atoms with van der Waals surface area (Å²) >= 11 is 0. The number of likely N-dealkylation sites (tertiary alicyclic amines) is 1. The molecule has 5 rings (SSSR count). The molecule has 0 radical (unpaired) electrons. The Balaban J connectivity index is 1.40. The zero-order valence-electron chi connectivity index (χ0n) is 13.6. The lowest BCUT2D eigenvalue weighted by Crippen LogP contribution is -2.52. The average Bonchev–Trinajstić information content (AvgIpc) is 3.07. The van der Waals surface area contributed by atoms with E-state index in [9.17, 15) is 0 Å². The Morgan fingerprint density at radius 2 is 1.82 bits per heavy atom. The van der Waals surface area contributed by atoms with Gasteiger partial charge in [0.15, 0.2) is 0 Å². The van der Waals surface area contributed by atoms with Crippen LogP contribution in [-0.4, -0.2) is 30.6 Å². The molecule has 0 bridgehead atoms. The maximum Gasteiger partial charge on any atom is 0.0354 e. The van der Waals surface area contributed by atoms with Crippen molar-refractivity contribution in [3.63, 3.8) is 0 Å². The molecule has 0 amide bonds. The molecule has 1 aromatic rings. The molecule has 1 aromatic carbocycles. The Bertz CT molecular complexity index is 559. The van der Waals surface area contributed by atoms with Crippen molar-refractivity contribution in [3.05, 3.63) is 35.4 Å². The van der Waals surface area contributed by atoms with Crippen molar-refractivity contribution in [2.75, 3.05) is 19.6 Å². The summed E-state index contributed by atoms with van der Waals surface area (Å²) in [6, 6.07) is 10.9. The monoisotopic (exact) mass is 296 g/mol. The summed E-state index contributed by atoms with van der Waals surface area (Å²) in [7, 11) is 0. The van der Waals surface area contributed by atoms with Crippen LogP contribution in [0.25, 0.3) is 0 Å². The van der Waals surface area contributed by atoms with Crippen LogP contribution in [0.1, 0.15) is 68.0 Å². The Morgan fingerprint density at radius 1 is 1.00 bits per heavy atom. The SMILES string of the molecule is c1ccc([C@@H]2CCCN2C2CCC3(CNC3)C2)c(C2CC2)c1. The smallest absolute Gasteiger partial charge is 0.0354 e. The molecule has 1 unspecified atom stereocenters. The second-order valence-electron chi connectivity index (χ2n) is 8.30. The Hall–Kier alpha value is -0.860. The van der Waals surface area contributed by atoms with E-state index in [1.54, 1.807) is 11.1 Å². The van der Waals surface area contributed by atoms with Gasteiger partial charge in [-0.2, -0.15) is 0 Å². The molecule has 2 heterocycles. The number of nitrogens with one attached hydrogen (secondary N) is 1. The van der Waals surface area contributed by atoms with E-state index >= 15 is 0 Å². The van der Waals surface area contributed by atoms with Crippen LogP contribution < -0.4 is 5.32 Å². The maximum absolute atomic E-state index is 3.51. The first-order chi connectivity index (χ1) is 10.8. The number of benzene rings is 1. The summed E-state index contributed by atoms with van der Waals surface area (Å²) in [4.78, 5) is 2.90. The van der Waals surface area contributed by atoms with Gasteiger partial charge in [-0.15, -0.1) is 0 Å². The third kappa shape index (κ3) is 2.15. The lowest BCUT2D eigenvalue weighted by Gasteiger charge is -2.41. The van der Waals surface area contributed by atoms with Gasteiger partial charge in [-0.3, -0.25) is 4.90 Å². The fraction of sp³-hybridized carbons (Fsp3) is 0.700. The molecule has 2 saturated carbocycles. The minimum absolute atomic E-state index is 0.674. The van der Waals surface area contributed by atoms with Crippen molar-refractivity contribution >= 4 is 0 Å². The van der Waals surface area contributed by atoms with E-state index in [1.807, 2.05) is 0 Å². The van der Waals surface area contributed by atoms with E-state index in [-0.39, 0.29) is 0 Å². The van der Waals surface area contributed by atoms with Crippen LogP contribution in [0, 0.1) is 5.41 Å². The van der Waals surface area contributed by atoms with E-state index in [0.717, 1.165) is 12.0 Å². The highest BCUT2D eigenvalue weighted by Crippen LogP contribution is 2.49. The quantitative estimate of drug-likeness (QED) is 0.911. The van der Waals surface area contributed by atoms with Crippen molar-refractivity contribution in [1.82, 2.24) is 10.2 Å². The average molecular weight is 296 g/mol. The summed E-state index contributed by atoms with van der Waals surface area (Å²) in [5, 5.41) is 3.51. The minimum Gasteiger partial charge on any atom is -0.316 e. The molecule has 2 nitrogen and oxygen atoms in total. The normalized spacial score (nSPS) is 34.2. The number of hydrogen-bond acceptors (Lipinski definition) is 2. The molecule has 2 atom stereocenters. The minimum atomic E-state index is 0.674. The van der Waals surface area contributed by atoms with E-state index in [1.165, 1.54) is 64.6 Å². The zero-order valence-corrected chi connectivity index (χ0v) is 13.6. The van der Waals surface area contributed by atoms with Crippen molar-refractivity contribution < 1.29 is 0 Å². The van der Waals surface area contributed by atoms with Gasteiger partial charge in [-0.1, -0.05) is 24.3 Å². The summed E-state index contributed by atoms with van der Waals surface area (Å²) in [6.07, 6.45) is 9.95. The highest BCUT2D eigenvalue weighted by Gasteiger charge is 2.47. The van der Waals surface area contributed by atoms with Gasteiger partial charge in [0.1, 0.15) is 0 Å². The van der Waals surface area contributed by atoms with E-state index in [4.69, 9.17) is 0 Å². The van der Waals surface area contributed by atoms with Gasteiger partial charge in [0.05, 0.1) is 0 Å². The number of nitrogens with zero attached hydrogens (tertiary/aromatic N) is 1. The first-order valence-electron chi connectivity index (χ1n) is 9.40. The summed E-state index contributed by atoms with van der Waals surface area (Å²) in [5.74, 6) is 0.879. The van der Waals surface area contributed by atoms with Crippen LogP contribution in [0.2, 0.25) is 0 Å². The lowest BCUT2D eigenvalue weighted by molar-refractivity contribution is 0.132. The molecular formula is C20H28N2. The summed E-state index contributed by atoms with van der Waals surface area (Å²) in [6.45, 7) is 3.89. The molecule has 1 N–H and O–H groups in total. The lowest BCUT2D eigenvalue weighted by atomic mass is 9.80. The van der Waals surface area contributed by atoms with Gasteiger partial charge >= 0.3 is 0 Å². The zero-order chi connectivity index (χ0) is 14.6. The van der Waals surface area contributed by atoms with Gasteiger partial charge in [-0.25, -0.2) is 0 Å². The number of rotatable bonds is 3. The second-order valence-corrected chi connectivity index (χ2v) is 8.30. The predicted molar refractivity (Wildman–Crippen MR) is 90.0 cm³/mol. The number of hydrogen-bond donors (Lipinski definition) is 1. The van der Waals surface area contributed by atoms with Crippen LogP contribution >= 0.6 is 0 Å². The second kappa shape index (κ2) is 5.07. The first kappa shape index (κ1) is 13.6. The van der Waals surface area contributed by atoms with E-state index in [0.29, 0.717) is 11.5 Å². The van der Waals surface area contributed by atoms with E-state index < -0.39 is 0 Å². The predicted octanol–water partition coefficient (Wildman–Crippen LogP) is 3.84. The van der Waals surface area contributed by atoms with Crippen molar-refractivity contribution in [3.8, 4) is 0 Å². The third-order valence-electron chi connectivity index (χ3n) is 6.81. The molecule has 0 aromatic heterocycles. The van der Waals surface area contributed by atoms with Crippen molar-refractivity contribution in [2.24, 2.45) is 5.41 Å². The van der Waals surface area contributed by atoms with Gasteiger partial charge in [-0.05, 0) is 74.0 Å². The Kier molecular flexibility index (Phi) is 3.13. The van der Waals surface area contributed by atoms with Crippen LogP contribution in [-0.2, 0) is 0 Å². The molecule has 4 aliphatic rings. The largest absolute Gasteiger partial charge is 0.316 e. The molecule has 4 fully saturated rings. The van der Waals surface area contributed by atoms with Crippen molar-refractivity contribution in [1.29, 1.82) is 0 Å². The molecule has 22 heavy (non-hydrogen) atoms. The molecule has 2 aliphatic carbocycles. The van der Waals surface area contributed by atoms with E-state index in [2.05, 4.69) is 34.5 Å². The maximum atomic E-state index is 3.51. The highest BCUT2D eigenvalue weighted by molar-refractivity contribution is 5.36. The van der Waals surface area contributed by atoms with Gasteiger partial charge < -0.3 is 5.32 Å². The summed E-state index contributed by atoms with van der Waals surface area (Å²) in [5.41, 5.74) is 4.03. The summed E-state index contributed by atoms with van der Waals surface area (Å²) < 4.78 is 0. The Labute approximate surface area is 134 Å². The molecule has 2 heteroatoms. The van der Waals surface area contributed by atoms with Crippen LogP contribution in [0.15, 0.2) is 24.3 Å². The molecule has 1 spiro atoms. The van der Waals surface area contributed by atoms with Gasteiger partial charge in [0.25, 0.3) is 0 Å².